The van der Waals surface area contributed by atoms with Gasteiger partial charge in [-0.1, -0.05) is 30.3 Å². The Kier molecular flexibility index (Phi) is 2.25. The Morgan fingerprint density at radius 1 is 0.824 bits per heavy atom. The lowest BCUT2D eigenvalue weighted by molar-refractivity contribution is 0.510. The van der Waals surface area contributed by atoms with Gasteiger partial charge in [0.05, 0.1) is 0 Å². The Morgan fingerprint density at radius 3 is 1.88 bits per heavy atom. The predicted octanol–water partition coefficient (Wildman–Crippen LogP) is 2.20. The van der Waals surface area contributed by atoms with Crippen molar-refractivity contribution < 1.29 is 8.78 Å². The van der Waals surface area contributed by atoms with Gasteiger partial charge in [-0.25, -0.2) is 8.78 Å². The summed E-state index contributed by atoms with van der Waals surface area (Å²) in [5, 5.41) is 6.20. The van der Waals surface area contributed by atoms with Crippen LogP contribution in [0.5, 0.6) is 0 Å². The Balaban J connectivity index is 1.93. The third-order valence-corrected chi connectivity index (χ3v) is 2.79. The van der Waals surface area contributed by atoms with Crippen molar-refractivity contribution in [2.75, 3.05) is 10.5 Å². The molecule has 3 rings (SSSR count). The van der Waals surface area contributed by atoms with E-state index in [9.17, 15) is 8.78 Å². The van der Waals surface area contributed by atoms with E-state index >= 15 is 0 Å². The fourth-order valence-corrected chi connectivity index (χ4v) is 1.94. The maximum Gasteiger partial charge on any atom is 0.406 e. The molecule has 17 heavy (non-hydrogen) atoms. The van der Waals surface area contributed by atoms with Crippen LogP contribution in [0.4, 0.5) is 20.2 Å². The molecule has 0 saturated heterocycles. The average molecular weight is 230 g/mol. The van der Waals surface area contributed by atoms with E-state index < -0.39 is 11.6 Å². The molecule has 0 atom stereocenters. The summed E-state index contributed by atoms with van der Waals surface area (Å²) in [6.45, 7) is -0.146. The average Bonchev–Trinajstić information content (AvgIpc) is 2.74. The Labute approximate surface area is 97.8 Å². The van der Waals surface area contributed by atoms with Crippen molar-refractivity contribution in [2.24, 2.45) is 0 Å². The van der Waals surface area contributed by atoms with Crippen LogP contribution in [0.25, 0.3) is 0 Å². The molecule has 2 N–H and O–H groups in total. The number of hydrogen-bond donors (Lipinski definition) is 2. The monoisotopic (exact) mass is 230 g/mol. The van der Waals surface area contributed by atoms with Crippen LogP contribution in [0.1, 0.15) is 0 Å². The summed E-state index contributed by atoms with van der Waals surface area (Å²) in [5.41, 5.74) is 2.18. The van der Waals surface area contributed by atoms with Gasteiger partial charge in [0.1, 0.15) is 0 Å². The molecule has 1 aliphatic heterocycles. The number of benzene rings is 2. The maximum atomic E-state index is 13.1. The lowest BCUT2D eigenvalue weighted by atomic mass is 9.69. The molecule has 2 aromatic carbocycles. The van der Waals surface area contributed by atoms with Crippen molar-refractivity contribution in [2.45, 2.75) is 0 Å². The summed E-state index contributed by atoms with van der Waals surface area (Å²) in [5.74, 6) is -1.68. The van der Waals surface area contributed by atoms with Crippen molar-refractivity contribution >= 4 is 23.8 Å². The summed E-state index contributed by atoms with van der Waals surface area (Å²) in [6, 6.07) is 12.0. The first kappa shape index (κ1) is 10.1. The van der Waals surface area contributed by atoms with Gasteiger partial charge in [0.2, 0.25) is 0 Å². The fraction of sp³-hybridized carbons (Fsp3) is 0. The summed E-state index contributed by atoms with van der Waals surface area (Å²) in [4.78, 5) is 0. The van der Waals surface area contributed by atoms with Crippen molar-refractivity contribution in [1.82, 2.24) is 0 Å². The third kappa shape index (κ3) is 1.73. The van der Waals surface area contributed by atoms with Gasteiger partial charge >= 0.3 is 6.98 Å². The van der Waals surface area contributed by atoms with Gasteiger partial charge in [0.15, 0.2) is 11.6 Å². The minimum absolute atomic E-state index is 0.146. The Morgan fingerprint density at radius 2 is 1.35 bits per heavy atom. The van der Waals surface area contributed by atoms with Crippen molar-refractivity contribution in [3.05, 3.63) is 54.1 Å². The van der Waals surface area contributed by atoms with Crippen LogP contribution in [-0.2, 0) is 0 Å². The fourth-order valence-electron chi connectivity index (χ4n) is 1.94. The van der Waals surface area contributed by atoms with Crippen LogP contribution in [0, 0.1) is 11.6 Å². The third-order valence-electron chi connectivity index (χ3n) is 2.79. The van der Waals surface area contributed by atoms with E-state index in [4.69, 9.17) is 0 Å². The zero-order chi connectivity index (χ0) is 11.8. The van der Waals surface area contributed by atoms with Gasteiger partial charge in [-0.05, 0) is 5.46 Å². The number of halogens is 2. The molecule has 1 heterocycles. The molecule has 1 aliphatic rings. The maximum absolute atomic E-state index is 13.1. The first-order valence-corrected chi connectivity index (χ1v) is 5.31. The number of fused-ring (bicyclic) bond motifs is 1. The summed E-state index contributed by atoms with van der Waals surface area (Å²) in [7, 11) is 0. The van der Waals surface area contributed by atoms with Crippen LogP contribution in [0.2, 0.25) is 0 Å². The molecule has 0 aromatic heterocycles. The highest BCUT2D eigenvalue weighted by molar-refractivity contribution is 6.80. The first-order valence-electron chi connectivity index (χ1n) is 5.31. The van der Waals surface area contributed by atoms with Crippen LogP contribution in [0.3, 0.4) is 0 Å². The number of anilines is 2. The van der Waals surface area contributed by atoms with E-state index in [1.165, 1.54) is 12.1 Å². The molecule has 2 aromatic rings. The highest BCUT2D eigenvalue weighted by Crippen LogP contribution is 2.29. The lowest BCUT2D eigenvalue weighted by Crippen LogP contribution is -2.41. The molecular formula is C12H9BF2N2. The zero-order valence-electron chi connectivity index (χ0n) is 8.87. The second-order valence-corrected chi connectivity index (χ2v) is 3.94. The first-order chi connectivity index (χ1) is 8.24. The molecule has 0 radical (unpaired) electrons. The van der Waals surface area contributed by atoms with Gasteiger partial charge in [-0.15, -0.1) is 0 Å². The second kappa shape index (κ2) is 3.77. The molecule has 0 saturated carbocycles. The minimum atomic E-state index is -0.841. The quantitative estimate of drug-likeness (QED) is 0.733. The predicted molar refractivity (Wildman–Crippen MR) is 65.4 cm³/mol. The van der Waals surface area contributed by atoms with Crippen LogP contribution in [-0.4, -0.2) is 6.98 Å². The van der Waals surface area contributed by atoms with Crippen molar-refractivity contribution in [3.8, 4) is 0 Å². The smallest absolute Gasteiger partial charge is 0.404 e. The second-order valence-electron chi connectivity index (χ2n) is 3.94. The molecule has 84 valence electrons. The van der Waals surface area contributed by atoms with E-state index in [1.54, 1.807) is 0 Å². The number of hydrogen-bond acceptors (Lipinski definition) is 2. The molecule has 5 heteroatoms. The molecule has 0 unspecified atom stereocenters. The van der Waals surface area contributed by atoms with Gasteiger partial charge in [-0.2, -0.15) is 0 Å². The normalized spacial score (nSPS) is 12.9. The largest absolute Gasteiger partial charge is 0.406 e. The number of rotatable bonds is 1. The summed E-state index contributed by atoms with van der Waals surface area (Å²) < 4.78 is 26.1. The van der Waals surface area contributed by atoms with Gasteiger partial charge in [-0.3, -0.25) is 0 Å². The zero-order valence-corrected chi connectivity index (χ0v) is 8.87. The SMILES string of the molecule is Fc1cc2c(cc1F)NB(c1ccccc1)N2. The molecule has 0 spiro atoms. The highest BCUT2D eigenvalue weighted by Gasteiger charge is 2.27. The van der Waals surface area contributed by atoms with E-state index in [0.29, 0.717) is 11.4 Å². The molecule has 0 aliphatic carbocycles. The van der Waals surface area contributed by atoms with E-state index in [1.807, 2.05) is 30.3 Å². The van der Waals surface area contributed by atoms with Crippen molar-refractivity contribution in [1.29, 1.82) is 0 Å². The van der Waals surface area contributed by atoms with Gasteiger partial charge < -0.3 is 10.5 Å². The summed E-state index contributed by atoms with van der Waals surface area (Å²) >= 11 is 0. The summed E-state index contributed by atoms with van der Waals surface area (Å²) in [6.07, 6.45) is 0. The van der Waals surface area contributed by atoms with Gasteiger partial charge in [0, 0.05) is 23.5 Å². The number of nitrogens with one attached hydrogen (secondary N) is 2. The Bertz CT molecular complexity index is 529. The Hall–Kier alpha value is -2.04. The van der Waals surface area contributed by atoms with Crippen LogP contribution >= 0.6 is 0 Å². The van der Waals surface area contributed by atoms with Crippen molar-refractivity contribution in [3.63, 3.8) is 0 Å². The van der Waals surface area contributed by atoms with Crippen LogP contribution < -0.4 is 15.9 Å². The van der Waals surface area contributed by atoms with Crippen LogP contribution in [0.15, 0.2) is 42.5 Å². The molecular weight excluding hydrogens is 221 g/mol. The lowest BCUT2D eigenvalue weighted by Gasteiger charge is -2.06. The van der Waals surface area contributed by atoms with Gasteiger partial charge in [0.25, 0.3) is 0 Å². The standard InChI is InChI=1S/C12H9BF2N2/c14-9-6-11-12(7-10(9)15)17-13(16-11)8-4-2-1-3-5-8/h1-7,16-17H. The highest BCUT2D eigenvalue weighted by atomic mass is 19.2. The molecule has 0 bridgehead atoms. The van der Waals surface area contributed by atoms with E-state index in [0.717, 1.165) is 5.46 Å². The minimum Gasteiger partial charge on any atom is -0.404 e. The van der Waals surface area contributed by atoms with E-state index in [2.05, 4.69) is 10.5 Å². The van der Waals surface area contributed by atoms with E-state index in [-0.39, 0.29) is 6.98 Å². The molecule has 0 fully saturated rings. The molecule has 2 nitrogen and oxygen atoms in total. The topological polar surface area (TPSA) is 24.1 Å². The molecule has 0 amide bonds.